The Morgan fingerprint density at radius 1 is 1.19 bits per heavy atom. The molecule has 0 spiro atoms. The van der Waals surface area contributed by atoms with E-state index in [4.69, 9.17) is 11.6 Å². The van der Waals surface area contributed by atoms with Crippen LogP contribution in [0.5, 0.6) is 0 Å². The second-order valence-electron chi connectivity index (χ2n) is 5.74. The molecule has 1 saturated heterocycles. The molecule has 2 aromatic carbocycles. The number of nitrogens with one attached hydrogen (secondary N) is 1. The van der Waals surface area contributed by atoms with Gasteiger partial charge in [0.2, 0.25) is 5.91 Å². The first kappa shape index (κ1) is 18.2. The van der Waals surface area contributed by atoms with Crippen LogP contribution in [0.3, 0.4) is 0 Å². The summed E-state index contributed by atoms with van der Waals surface area (Å²) in [5, 5.41) is 2.75. The predicted molar refractivity (Wildman–Crippen MR) is 104 cm³/mol. The maximum absolute atomic E-state index is 12.4. The van der Waals surface area contributed by atoms with Crippen LogP contribution in [-0.2, 0) is 9.59 Å². The van der Waals surface area contributed by atoms with Gasteiger partial charge in [0, 0.05) is 10.7 Å². The van der Waals surface area contributed by atoms with Crippen LogP contribution < -0.4 is 5.32 Å². The number of carbonyl (C=O) groups excluding carboxylic acids is 3. The Hall–Kier alpha value is -2.57. The van der Waals surface area contributed by atoms with Gasteiger partial charge in [-0.15, -0.1) is 0 Å². The van der Waals surface area contributed by atoms with Gasteiger partial charge in [-0.2, -0.15) is 0 Å². The number of amides is 3. The molecule has 3 amide bonds. The predicted octanol–water partition coefficient (Wildman–Crippen LogP) is 4.32. The lowest BCUT2D eigenvalue weighted by Gasteiger charge is -2.12. The van der Waals surface area contributed by atoms with Gasteiger partial charge in [0.05, 0.1) is 4.91 Å². The molecule has 26 heavy (non-hydrogen) atoms. The molecule has 0 unspecified atom stereocenters. The SMILES string of the molecule is Cc1ccc(NC(=O)CN2C(=O)S/C(=C/c3cccc(Cl)c3)C2=O)cc1. The second-order valence-corrected chi connectivity index (χ2v) is 7.17. The standard InChI is InChI=1S/C19H15ClN2O3S/c1-12-5-7-15(8-6-12)21-17(23)11-22-18(24)16(26-19(22)25)10-13-3-2-4-14(20)9-13/h2-10H,11H2,1H3,(H,21,23)/b16-10+. The molecule has 7 heteroatoms. The number of benzene rings is 2. The van der Waals surface area contributed by atoms with Crippen molar-refractivity contribution in [2.24, 2.45) is 0 Å². The molecule has 132 valence electrons. The van der Waals surface area contributed by atoms with Crippen LogP contribution in [0.2, 0.25) is 5.02 Å². The van der Waals surface area contributed by atoms with E-state index in [0.717, 1.165) is 22.2 Å². The zero-order valence-electron chi connectivity index (χ0n) is 13.9. The monoisotopic (exact) mass is 386 g/mol. The molecule has 3 rings (SSSR count). The number of hydrogen-bond donors (Lipinski definition) is 1. The molecule has 0 radical (unpaired) electrons. The fourth-order valence-corrected chi connectivity index (χ4v) is 3.40. The van der Waals surface area contributed by atoms with Crippen molar-refractivity contribution in [3.8, 4) is 0 Å². The van der Waals surface area contributed by atoms with Gasteiger partial charge in [-0.25, -0.2) is 0 Å². The van der Waals surface area contributed by atoms with Crippen LogP contribution in [0.1, 0.15) is 11.1 Å². The first-order chi connectivity index (χ1) is 12.4. The van der Waals surface area contributed by atoms with Crippen molar-refractivity contribution in [3.63, 3.8) is 0 Å². The summed E-state index contributed by atoms with van der Waals surface area (Å²) in [6.45, 7) is 1.61. The molecule has 0 atom stereocenters. The lowest BCUT2D eigenvalue weighted by Crippen LogP contribution is -2.36. The number of imide groups is 1. The van der Waals surface area contributed by atoms with Crippen LogP contribution in [-0.4, -0.2) is 28.5 Å². The quantitative estimate of drug-likeness (QED) is 0.794. The van der Waals surface area contributed by atoms with Gasteiger partial charge in [-0.1, -0.05) is 41.4 Å². The van der Waals surface area contributed by atoms with Crippen LogP contribution in [0.25, 0.3) is 6.08 Å². The summed E-state index contributed by atoms with van der Waals surface area (Å²) >= 11 is 6.74. The third-order valence-electron chi connectivity index (χ3n) is 3.66. The zero-order valence-corrected chi connectivity index (χ0v) is 15.4. The summed E-state index contributed by atoms with van der Waals surface area (Å²) in [6, 6.07) is 14.2. The molecule has 0 bridgehead atoms. The molecule has 2 aromatic rings. The minimum Gasteiger partial charge on any atom is -0.325 e. The van der Waals surface area contributed by atoms with Gasteiger partial charge in [0.15, 0.2) is 0 Å². The average molecular weight is 387 g/mol. The number of rotatable bonds is 4. The molecule has 1 heterocycles. The van der Waals surface area contributed by atoms with Crippen molar-refractivity contribution in [1.82, 2.24) is 4.90 Å². The number of halogens is 1. The molecular weight excluding hydrogens is 372 g/mol. The summed E-state index contributed by atoms with van der Waals surface area (Å²) < 4.78 is 0. The van der Waals surface area contributed by atoms with E-state index in [1.54, 1.807) is 42.5 Å². The largest absolute Gasteiger partial charge is 0.325 e. The lowest BCUT2D eigenvalue weighted by atomic mass is 10.2. The van der Waals surface area contributed by atoms with Gasteiger partial charge in [0.25, 0.3) is 11.1 Å². The van der Waals surface area contributed by atoms with Crippen molar-refractivity contribution in [2.75, 3.05) is 11.9 Å². The van der Waals surface area contributed by atoms with Crippen molar-refractivity contribution in [2.45, 2.75) is 6.92 Å². The van der Waals surface area contributed by atoms with E-state index in [0.29, 0.717) is 16.3 Å². The molecule has 5 nitrogen and oxygen atoms in total. The first-order valence-corrected chi connectivity index (χ1v) is 8.99. The van der Waals surface area contributed by atoms with Crippen molar-refractivity contribution in [1.29, 1.82) is 0 Å². The summed E-state index contributed by atoms with van der Waals surface area (Å²) in [7, 11) is 0. The Balaban J connectivity index is 1.69. The highest BCUT2D eigenvalue weighted by molar-refractivity contribution is 8.18. The molecule has 0 saturated carbocycles. The van der Waals surface area contributed by atoms with E-state index >= 15 is 0 Å². The fraction of sp³-hybridized carbons (Fsp3) is 0.105. The molecule has 1 aliphatic rings. The lowest BCUT2D eigenvalue weighted by molar-refractivity contribution is -0.127. The average Bonchev–Trinajstić information content (AvgIpc) is 2.84. The van der Waals surface area contributed by atoms with Gasteiger partial charge in [-0.05, 0) is 54.6 Å². The van der Waals surface area contributed by atoms with Crippen LogP contribution in [0.4, 0.5) is 10.5 Å². The highest BCUT2D eigenvalue weighted by atomic mass is 35.5. The van der Waals surface area contributed by atoms with Crippen molar-refractivity contribution >= 4 is 52.2 Å². The van der Waals surface area contributed by atoms with Gasteiger partial charge in [-0.3, -0.25) is 19.3 Å². The Bertz CT molecular complexity index is 909. The van der Waals surface area contributed by atoms with E-state index in [1.807, 2.05) is 19.1 Å². The van der Waals surface area contributed by atoms with E-state index < -0.39 is 17.1 Å². The van der Waals surface area contributed by atoms with Crippen LogP contribution in [0.15, 0.2) is 53.4 Å². The second kappa shape index (κ2) is 7.76. The maximum Gasteiger partial charge on any atom is 0.294 e. The topological polar surface area (TPSA) is 66.5 Å². The minimum atomic E-state index is -0.487. The highest BCUT2D eigenvalue weighted by Gasteiger charge is 2.36. The Morgan fingerprint density at radius 3 is 2.62 bits per heavy atom. The number of carbonyl (C=O) groups is 3. The van der Waals surface area contributed by atoms with Gasteiger partial charge in [0.1, 0.15) is 6.54 Å². The third kappa shape index (κ3) is 4.33. The van der Waals surface area contributed by atoms with Crippen molar-refractivity contribution < 1.29 is 14.4 Å². The number of aryl methyl sites for hydroxylation is 1. The minimum absolute atomic E-state index is 0.264. The number of hydrogen-bond acceptors (Lipinski definition) is 4. The number of thioether (sulfide) groups is 1. The molecule has 0 aliphatic carbocycles. The van der Waals surface area contributed by atoms with Crippen LogP contribution in [0, 0.1) is 6.92 Å². The summed E-state index contributed by atoms with van der Waals surface area (Å²) in [5.41, 5.74) is 2.40. The first-order valence-electron chi connectivity index (χ1n) is 7.80. The van der Waals surface area contributed by atoms with Crippen LogP contribution >= 0.6 is 23.4 Å². The van der Waals surface area contributed by atoms with E-state index in [-0.39, 0.29) is 11.4 Å². The number of nitrogens with zero attached hydrogens (tertiary/aromatic N) is 1. The van der Waals surface area contributed by atoms with E-state index in [1.165, 1.54) is 0 Å². The Morgan fingerprint density at radius 2 is 1.92 bits per heavy atom. The summed E-state index contributed by atoms with van der Waals surface area (Å²) in [5.74, 6) is -0.917. The molecule has 1 N–H and O–H groups in total. The smallest absolute Gasteiger partial charge is 0.294 e. The highest BCUT2D eigenvalue weighted by Crippen LogP contribution is 2.32. The Labute approximate surface area is 160 Å². The summed E-state index contributed by atoms with van der Waals surface area (Å²) in [6.07, 6.45) is 1.59. The molecule has 0 aromatic heterocycles. The zero-order chi connectivity index (χ0) is 18.7. The maximum atomic E-state index is 12.4. The Kier molecular flexibility index (Phi) is 5.44. The third-order valence-corrected chi connectivity index (χ3v) is 4.80. The summed E-state index contributed by atoms with van der Waals surface area (Å²) in [4.78, 5) is 37.9. The van der Waals surface area contributed by atoms with Gasteiger partial charge < -0.3 is 5.32 Å². The fourth-order valence-electron chi connectivity index (χ4n) is 2.37. The molecular formula is C19H15ClN2O3S. The molecule has 1 aliphatic heterocycles. The van der Waals surface area contributed by atoms with Gasteiger partial charge >= 0.3 is 0 Å². The van der Waals surface area contributed by atoms with E-state index in [2.05, 4.69) is 5.32 Å². The molecule has 1 fully saturated rings. The normalized spacial score (nSPS) is 15.6. The number of anilines is 1. The van der Waals surface area contributed by atoms with Crippen molar-refractivity contribution in [3.05, 3.63) is 69.6 Å². The van der Waals surface area contributed by atoms with E-state index in [9.17, 15) is 14.4 Å².